The Kier molecular flexibility index (Phi) is 6.17. The number of aromatic nitrogens is 2. The normalized spacial score (nSPS) is 26.7. The van der Waals surface area contributed by atoms with Crippen LogP contribution in [0.25, 0.3) is 6.08 Å². The number of hydrogen-bond donors (Lipinski definition) is 6. The molecule has 1 aliphatic heterocycles. The zero-order valence-corrected chi connectivity index (χ0v) is 15.4. The summed E-state index contributed by atoms with van der Waals surface area (Å²) in [7, 11) is 0. The lowest BCUT2D eigenvalue weighted by molar-refractivity contribution is -0.318. The first kappa shape index (κ1) is 21.8. The summed E-state index contributed by atoms with van der Waals surface area (Å²) in [5.74, 6) is -0.208. The predicted octanol–water partition coefficient (Wildman–Crippen LogP) is -0.987. The highest BCUT2D eigenvalue weighted by Crippen LogP contribution is 2.40. The smallest absolute Gasteiger partial charge is 0.330 e. The molecule has 12 heteroatoms. The van der Waals surface area contributed by atoms with Crippen LogP contribution in [-0.4, -0.2) is 64.8 Å². The number of phenolic OH excluding ortho intramolecular Hbond substituents is 1. The number of hydroxylamine groups is 2. The molecule has 30 heavy (non-hydrogen) atoms. The Bertz CT molecular complexity index is 1050. The van der Waals surface area contributed by atoms with Crippen molar-refractivity contribution < 1.29 is 34.8 Å². The van der Waals surface area contributed by atoms with Gasteiger partial charge in [-0.2, -0.15) is 0 Å². The number of aromatic hydroxyl groups is 1. The summed E-state index contributed by atoms with van der Waals surface area (Å²) < 4.78 is 18.6. The Morgan fingerprint density at radius 3 is 2.67 bits per heavy atom. The molecule has 0 amide bonds. The minimum Gasteiger partial charge on any atom is -0.508 e. The zero-order valence-electron chi connectivity index (χ0n) is 15.4. The SMILES string of the molecule is O=c1[nH]c(=O)n(C2O[C@H](CO)[C@@H](O)[C@]2(O)N(O)Cc2ccccc2O)cc1/C=C/F. The molecule has 1 aromatic carbocycles. The van der Waals surface area contributed by atoms with E-state index in [-0.39, 0.29) is 28.3 Å². The van der Waals surface area contributed by atoms with Gasteiger partial charge in [-0.05, 0) is 12.1 Å². The van der Waals surface area contributed by atoms with Gasteiger partial charge < -0.3 is 30.4 Å². The van der Waals surface area contributed by atoms with E-state index >= 15 is 0 Å². The van der Waals surface area contributed by atoms with Gasteiger partial charge in [0.2, 0.25) is 5.72 Å². The van der Waals surface area contributed by atoms with E-state index in [0.717, 1.165) is 12.3 Å². The third-order valence-corrected chi connectivity index (χ3v) is 4.85. The molecule has 1 aromatic heterocycles. The molecule has 4 atom stereocenters. The molecule has 2 aromatic rings. The van der Waals surface area contributed by atoms with Crippen molar-refractivity contribution in [3.63, 3.8) is 0 Å². The van der Waals surface area contributed by atoms with Crippen LogP contribution in [0.15, 0.2) is 46.4 Å². The van der Waals surface area contributed by atoms with Gasteiger partial charge in [-0.1, -0.05) is 18.2 Å². The van der Waals surface area contributed by atoms with Crippen LogP contribution in [0.2, 0.25) is 0 Å². The van der Waals surface area contributed by atoms with E-state index < -0.39 is 48.6 Å². The summed E-state index contributed by atoms with van der Waals surface area (Å²) in [5, 5.41) is 51.9. The van der Waals surface area contributed by atoms with E-state index in [0.29, 0.717) is 4.57 Å². The second-order valence-electron chi connectivity index (χ2n) is 6.67. The van der Waals surface area contributed by atoms with Crippen molar-refractivity contribution in [3.8, 4) is 5.75 Å². The Morgan fingerprint density at radius 1 is 1.33 bits per heavy atom. The van der Waals surface area contributed by atoms with E-state index in [1.54, 1.807) is 6.07 Å². The van der Waals surface area contributed by atoms with Gasteiger partial charge in [-0.25, -0.2) is 9.18 Å². The highest BCUT2D eigenvalue weighted by Gasteiger charge is 2.60. The first-order chi connectivity index (χ1) is 14.2. The number of para-hydroxylation sites is 1. The maximum Gasteiger partial charge on any atom is 0.330 e. The largest absolute Gasteiger partial charge is 0.508 e. The third kappa shape index (κ3) is 3.67. The predicted molar refractivity (Wildman–Crippen MR) is 98.9 cm³/mol. The number of rotatable bonds is 6. The van der Waals surface area contributed by atoms with E-state index in [2.05, 4.69) is 0 Å². The van der Waals surface area contributed by atoms with Crippen molar-refractivity contribution in [1.82, 2.24) is 14.6 Å². The van der Waals surface area contributed by atoms with Crippen molar-refractivity contribution in [2.45, 2.75) is 30.7 Å². The molecule has 0 radical (unpaired) electrons. The summed E-state index contributed by atoms with van der Waals surface area (Å²) in [6.45, 7) is -1.28. The van der Waals surface area contributed by atoms with Crippen LogP contribution in [0.4, 0.5) is 4.39 Å². The molecule has 1 saturated heterocycles. The van der Waals surface area contributed by atoms with Crippen molar-refractivity contribution in [3.05, 3.63) is 68.8 Å². The molecule has 0 spiro atoms. The topological polar surface area (TPSA) is 168 Å². The molecule has 11 nitrogen and oxygen atoms in total. The fourth-order valence-electron chi connectivity index (χ4n) is 3.25. The summed E-state index contributed by atoms with van der Waals surface area (Å²) >= 11 is 0. The van der Waals surface area contributed by atoms with E-state index in [4.69, 9.17) is 4.74 Å². The number of aliphatic hydroxyl groups is 3. The number of nitrogens with one attached hydrogen (secondary N) is 1. The Hall–Kier alpha value is -2.87. The maximum absolute atomic E-state index is 12.6. The van der Waals surface area contributed by atoms with Crippen LogP contribution in [0, 0.1) is 0 Å². The average molecular weight is 425 g/mol. The average Bonchev–Trinajstić information content (AvgIpc) is 2.97. The molecule has 2 heterocycles. The van der Waals surface area contributed by atoms with Crippen molar-refractivity contribution in [2.24, 2.45) is 0 Å². The van der Waals surface area contributed by atoms with Crippen LogP contribution < -0.4 is 11.2 Å². The molecule has 162 valence electrons. The highest BCUT2D eigenvalue weighted by molar-refractivity contribution is 5.44. The second kappa shape index (κ2) is 8.47. The third-order valence-electron chi connectivity index (χ3n) is 4.85. The number of halogens is 1. The highest BCUT2D eigenvalue weighted by atomic mass is 19.1. The van der Waals surface area contributed by atoms with Crippen molar-refractivity contribution in [2.75, 3.05) is 6.61 Å². The summed E-state index contributed by atoms with van der Waals surface area (Å²) in [6, 6.07) is 5.88. The lowest BCUT2D eigenvalue weighted by Crippen LogP contribution is -2.59. The van der Waals surface area contributed by atoms with E-state index in [1.165, 1.54) is 18.2 Å². The van der Waals surface area contributed by atoms with Gasteiger partial charge in [-0.3, -0.25) is 14.3 Å². The fraction of sp³-hybridized carbons (Fsp3) is 0.333. The van der Waals surface area contributed by atoms with Gasteiger partial charge in [0.05, 0.1) is 25.0 Å². The Labute approximate surface area is 168 Å². The molecule has 1 aliphatic rings. The van der Waals surface area contributed by atoms with Crippen LogP contribution in [0.1, 0.15) is 17.4 Å². The summed E-state index contributed by atoms with van der Waals surface area (Å²) in [6.07, 6.45) is -3.48. The molecule has 0 bridgehead atoms. The second-order valence-corrected chi connectivity index (χ2v) is 6.67. The van der Waals surface area contributed by atoms with Gasteiger partial charge in [0.25, 0.3) is 5.56 Å². The van der Waals surface area contributed by atoms with Gasteiger partial charge in [-0.15, -0.1) is 5.06 Å². The summed E-state index contributed by atoms with van der Waals surface area (Å²) in [4.78, 5) is 26.0. The quantitative estimate of drug-likeness (QED) is 0.251. The van der Waals surface area contributed by atoms with Gasteiger partial charge in [0, 0.05) is 11.8 Å². The summed E-state index contributed by atoms with van der Waals surface area (Å²) in [5.41, 5.74) is -4.84. The minimum atomic E-state index is -2.70. The molecule has 1 fully saturated rings. The monoisotopic (exact) mass is 425 g/mol. The number of aliphatic hydroxyl groups excluding tert-OH is 2. The maximum atomic E-state index is 12.6. The molecule has 1 unspecified atom stereocenters. The van der Waals surface area contributed by atoms with Gasteiger partial charge >= 0.3 is 5.69 Å². The molecule has 6 N–H and O–H groups in total. The standard InChI is InChI=1S/C18H20FN3O8/c19-6-5-11-7-21(17(27)20-15(11)26)16-18(28,14(25)13(9-23)30-16)22(29)8-10-3-1-2-4-12(10)24/h1-7,13-14,16,23-25,28-29H,8-9H2,(H,20,26,27)/b6-5+/t13-,14-,16?,18-/m1/s1. The number of aromatic amines is 1. The Morgan fingerprint density at radius 2 is 2.03 bits per heavy atom. The number of hydrogen-bond acceptors (Lipinski definition) is 9. The molecular weight excluding hydrogens is 405 g/mol. The zero-order chi connectivity index (χ0) is 22.1. The molecular formula is C18H20FN3O8. The Balaban J connectivity index is 2.08. The van der Waals surface area contributed by atoms with Gasteiger partial charge in [0.15, 0.2) is 6.23 Å². The number of ether oxygens (including phenoxy) is 1. The number of H-pyrrole nitrogens is 1. The first-order valence-electron chi connectivity index (χ1n) is 8.76. The number of benzene rings is 1. The van der Waals surface area contributed by atoms with E-state index in [1.807, 2.05) is 4.98 Å². The lowest BCUT2D eigenvalue weighted by Gasteiger charge is -2.37. The van der Waals surface area contributed by atoms with E-state index in [9.17, 15) is 39.6 Å². The van der Waals surface area contributed by atoms with Crippen molar-refractivity contribution >= 4 is 6.08 Å². The molecule has 3 rings (SSSR count). The molecule has 0 aliphatic carbocycles. The minimum absolute atomic E-state index is 0.0585. The van der Waals surface area contributed by atoms with Crippen molar-refractivity contribution in [1.29, 1.82) is 0 Å². The van der Waals surface area contributed by atoms with Crippen LogP contribution in [-0.2, 0) is 11.3 Å². The number of nitrogens with zero attached hydrogens (tertiary/aromatic N) is 2. The van der Waals surface area contributed by atoms with Crippen LogP contribution in [0.3, 0.4) is 0 Å². The number of phenols is 1. The van der Waals surface area contributed by atoms with Crippen LogP contribution >= 0.6 is 0 Å². The lowest BCUT2D eigenvalue weighted by atomic mass is 10.0. The molecule has 0 saturated carbocycles. The first-order valence-corrected chi connectivity index (χ1v) is 8.76. The van der Waals surface area contributed by atoms with Crippen LogP contribution in [0.5, 0.6) is 5.75 Å². The van der Waals surface area contributed by atoms with Gasteiger partial charge in [0.1, 0.15) is 18.0 Å². The fourth-order valence-corrected chi connectivity index (χ4v) is 3.25.